The van der Waals surface area contributed by atoms with E-state index in [-0.39, 0.29) is 0 Å². The molecule has 4 aromatic rings. The first-order valence-corrected chi connectivity index (χ1v) is 12.2. The predicted octanol–water partition coefficient (Wildman–Crippen LogP) is 7.40. The Labute approximate surface area is 202 Å². The van der Waals surface area contributed by atoms with Crippen molar-refractivity contribution in [2.75, 3.05) is 20.8 Å². The van der Waals surface area contributed by atoms with Gasteiger partial charge in [0.15, 0.2) is 0 Å². The fourth-order valence-corrected chi connectivity index (χ4v) is 5.24. The number of nitrogens with zero attached hydrogens (tertiary/aromatic N) is 2. The zero-order chi connectivity index (χ0) is 22.7. The quantitative estimate of drug-likeness (QED) is 0.247. The van der Waals surface area contributed by atoms with Crippen LogP contribution in [0.1, 0.15) is 25.3 Å². The molecular formula is C26H27BrN2O2S. The Morgan fingerprint density at radius 1 is 1.03 bits per heavy atom. The Morgan fingerprint density at radius 2 is 1.75 bits per heavy atom. The maximum Gasteiger partial charge on any atom is 0.146 e. The number of benzene rings is 3. The molecule has 4 rings (SSSR count). The van der Waals surface area contributed by atoms with Gasteiger partial charge in [0.1, 0.15) is 22.6 Å². The second kappa shape index (κ2) is 10.1. The molecule has 0 radical (unpaired) electrons. The number of hydrogen-bond acceptors (Lipinski definition) is 4. The highest BCUT2D eigenvalue weighted by molar-refractivity contribution is 9.10. The standard InChI is InChI=1S/C26H27BrN2O2S/c1-17(2)18-10-12-19(13-11-18)26-28-24-23(27)22(32-20-8-6-5-7-9-20)16-21(31-4)25(24)29(26)14-15-30-3/h5-13,16-17H,14-15H2,1-4H3. The monoisotopic (exact) mass is 510 g/mol. The Kier molecular flexibility index (Phi) is 7.23. The molecule has 0 aliphatic carbocycles. The van der Waals surface area contributed by atoms with Gasteiger partial charge in [-0.1, -0.05) is 68.1 Å². The lowest BCUT2D eigenvalue weighted by atomic mass is 10.0. The molecule has 32 heavy (non-hydrogen) atoms. The Hall–Kier alpha value is -2.28. The molecule has 0 unspecified atom stereocenters. The molecule has 1 heterocycles. The van der Waals surface area contributed by atoms with Gasteiger partial charge in [0.2, 0.25) is 0 Å². The van der Waals surface area contributed by atoms with E-state index >= 15 is 0 Å². The molecule has 0 atom stereocenters. The zero-order valence-corrected chi connectivity index (χ0v) is 21.2. The van der Waals surface area contributed by atoms with Crippen LogP contribution >= 0.6 is 27.7 Å². The fraction of sp³-hybridized carbons (Fsp3) is 0.269. The number of rotatable bonds is 8. The molecule has 0 saturated carbocycles. The van der Waals surface area contributed by atoms with E-state index in [1.807, 2.05) is 18.2 Å². The van der Waals surface area contributed by atoms with Crippen molar-refractivity contribution < 1.29 is 9.47 Å². The Bertz CT molecular complexity index is 1200. The number of methoxy groups -OCH3 is 2. The van der Waals surface area contributed by atoms with Gasteiger partial charge in [-0.15, -0.1) is 0 Å². The van der Waals surface area contributed by atoms with Gasteiger partial charge in [0, 0.05) is 29.0 Å². The highest BCUT2D eigenvalue weighted by Gasteiger charge is 2.21. The van der Waals surface area contributed by atoms with Gasteiger partial charge in [-0.3, -0.25) is 0 Å². The topological polar surface area (TPSA) is 36.3 Å². The molecule has 3 aromatic carbocycles. The lowest BCUT2D eigenvalue weighted by Crippen LogP contribution is -2.07. The third-order valence-electron chi connectivity index (χ3n) is 5.43. The Balaban J connectivity index is 1.89. The second-order valence-corrected chi connectivity index (χ2v) is 9.77. The van der Waals surface area contributed by atoms with Crippen LogP contribution in [0.2, 0.25) is 0 Å². The van der Waals surface area contributed by atoms with E-state index in [4.69, 9.17) is 14.5 Å². The lowest BCUT2D eigenvalue weighted by molar-refractivity contribution is 0.188. The van der Waals surface area contributed by atoms with E-state index in [1.165, 1.54) is 5.56 Å². The van der Waals surface area contributed by atoms with Gasteiger partial charge in [-0.2, -0.15) is 0 Å². The zero-order valence-electron chi connectivity index (χ0n) is 18.8. The van der Waals surface area contributed by atoms with Crippen molar-refractivity contribution in [3.63, 3.8) is 0 Å². The van der Waals surface area contributed by atoms with Crippen molar-refractivity contribution in [3.8, 4) is 17.1 Å². The third kappa shape index (κ3) is 4.58. The van der Waals surface area contributed by atoms with E-state index in [0.717, 1.165) is 42.4 Å². The average molecular weight is 511 g/mol. The summed E-state index contributed by atoms with van der Waals surface area (Å²) in [6.07, 6.45) is 0. The number of aromatic nitrogens is 2. The maximum absolute atomic E-state index is 5.85. The van der Waals surface area contributed by atoms with Crippen LogP contribution < -0.4 is 4.74 Å². The molecular weight excluding hydrogens is 484 g/mol. The highest BCUT2D eigenvalue weighted by Crippen LogP contribution is 2.43. The van der Waals surface area contributed by atoms with Crippen molar-refractivity contribution in [2.45, 2.75) is 36.1 Å². The summed E-state index contributed by atoms with van der Waals surface area (Å²) in [5.41, 5.74) is 4.25. The van der Waals surface area contributed by atoms with Gasteiger partial charge in [0.05, 0.1) is 18.2 Å². The summed E-state index contributed by atoms with van der Waals surface area (Å²) in [6, 6.07) is 21.1. The molecule has 0 aliphatic heterocycles. The SMILES string of the molecule is COCCn1c(-c2ccc(C(C)C)cc2)nc2c(Br)c(Sc3ccccc3)cc(OC)c21. The first-order valence-electron chi connectivity index (χ1n) is 10.6. The van der Waals surface area contributed by atoms with Crippen molar-refractivity contribution >= 4 is 38.7 Å². The minimum Gasteiger partial charge on any atom is -0.494 e. The third-order valence-corrected chi connectivity index (χ3v) is 7.55. The maximum atomic E-state index is 5.85. The van der Waals surface area contributed by atoms with Crippen LogP contribution in [0.4, 0.5) is 0 Å². The fourth-order valence-electron chi connectivity index (χ4n) is 3.71. The van der Waals surface area contributed by atoms with Crippen molar-refractivity contribution in [2.24, 2.45) is 0 Å². The second-order valence-electron chi connectivity index (χ2n) is 7.86. The molecule has 0 N–H and O–H groups in total. The lowest BCUT2D eigenvalue weighted by Gasteiger charge is -2.13. The van der Waals surface area contributed by atoms with E-state index in [0.29, 0.717) is 19.1 Å². The van der Waals surface area contributed by atoms with Gasteiger partial charge in [0.25, 0.3) is 0 Å². The predicted molar refractivity (Wildman–Crippen MR) is 136 cm³/mol. The average Bonchev–Trinajstić information content (AvgIpc) is 3.20. The Morgan fingerprint density at radius 3 is 2.38 bits per heavy atom. The number of halogens is 1. The molecule has 0 aliphatic rings. The molecule has 0 fully saturated rings. The first kappa shape index (κ1) is 22.9. The summed E-state index contributed by atoms with van der Waals surface area (Å²) in [6.45, 7) is 5.68. The summed E-state index contributed by atoms with van der Waals surface area (Å²) in [4.78, 5) is 7.32. The first-order chi connectivity index (χ1) is 15.5. The largest absolute Gasteiger partial charge is 0.494 e. The summed E-state index contributed by atoms with van der Waals surface area (Å²) in [5, 5.41) is 0. The van der Waals surface area contributed by atoms with Crippen LogP contribution in [0.25, 0.3) is 22.4 Å². The summed E-state index contributed by atoms with van der Waals surface area (Å²) < 4.78 is 14.4. The van der Waals surface area contributed by atoms with E-state index in [1.54, 1.807) is 26.0 Å². The number of hydrogen-bond donors (Lipinski definition) is 0. The van der Waals surface area contributed by atoms with Crippen LogP contribution in [0.3, 0.4) is 0 Å². The minimum atomic E-state index is 0.489. The molecule has 0 amide bonds. The van der Waals surface area contributed by atoms with Crippen molar-refractivity contribution in [3.05, 3.63) is 70.7 Å². The molecule has 1 aromatic heterocycles. The molecule has 0 spiro atoms. The molecule has 166 valence electrons. The smallest absolute Gasteiger partial charge is 0.146 e. The number of imidazole rings is 1. The van der Waals surface area contributed by atoms with Crippen LogP contribution in [-0.4, -0.2) is 30.4 Å². The van der Waals surface area contributed by atoms with Gasteiger partial charge in [-0.05, 0) is 45.6 Å². The van der Waals surface area contributed by atoms with Crippen LogP contribution in [-0.2, 0) is 11.3 Å². The summed E-state index contributed by atoms with van der Waals surface area (Å²) in [7, 11) is 3.43. The van der Waals surface area contributed by atoms with E-state index in [2.05, 4.69) is 76.8 Å². The number of ether oxygens (including phenoxy) is 2. The van der Waals surface area contributed by atoms with Crippen LogP contribution in [0.5, 0.6) is 5.75 Å². The summed E-state index contributed by atoms with van der Waals surface area (Å²) >= 11 is 5.53. The molecule has 6 heteroatoms. The molecule has 4 nitrogen and oxygen atoms in total. The molecule has 0 bridgehead atoms. The van der Waals surface area contributed by atoms with Crippen LogP contribution in [0.15, 0.2) is 74.9 Å². The van der Waals surface area contributed by atoms with Gasteiger partial charge in [-0.25, -0.2) is 4.98 Å². The van der Waals surface area contributed by atoms with Crippen LogP contribution in [0, 0.1) is 0 Å². The number of fused-ring (bicyclic) bond motifs is 1. The van der Waals surface area contributed by atoms with E-state index < -0.39 is 0 Å². The van der Waals surface area contributed by atoms with Crippen molar-refractivity contribution in [1.29, 1.82) is 0 Å². The molecule has 0 saturated heterocycles. The van der Waals surface area contributed by atoms with Gasteiger partial charge >= 0.3 is 0 Å². The minimum absolute atomic E-state index is 0.489. The highest BCUT2D eigenvalue weighted by atomic mass is 79.9. The van der Waals surface area contributed by atoms with Crippen molar-refractivity contribution in [1.82, 2.24) is 9.55 Å². The summed E-state index contributed by atoms with van der Waals surface area (Å²) in [5.74, 6) is 2.20. The van der Waals surface area contributed by atoms with E-state index in [9.17, 15) is 0 Å². The van der Waals surface area contributed by atoms with Gasteiger partial charge < -0.3 is 14.0 Å². The normalized spacial score (nSPS) is 11.4.